The highest BCUT2D eigenvalue weighted by Crippen LogP contribution is 2.61. The Morgan fingerprint density at radius 1 is 1.00 bits per heavy atom. The van der Waals surface area contributed by atoms with Crippen LogP contribution in [0.25, 0.3) is 0 Å². The van der Waals surface area contributed by atoms with Gasteiger partial charge in [0.15, 0.2) is 0 Å². The summed E-state index contributed by atoms with van der Waals surface area (Å²) < 4.78 is 42.7. The highest BCUT2D eigenvalue weighted by atomic mass is 32.2. The number of esters is 2. The number of likely N-dealkylation sites (tertiary alicyclic amines) is 1. The van der Waals surface area contributed by atoms with Crippen LogP contribution in [0.2, 0.25) is 0 Å². The largest absolute Gasteiger partial charge is 0.469 e. The van der Waals surface area contributed by atoms with Gasteiger partial charge in [-0.3, -0.25) is 13.9 Å². The van der Waals surface area contributed by atoms with Gasteiger partial charge in [0.25, 0.3) is 10.1 Å². The van der Waals surface area contributed by atoms with Gasteiger partial charge in [0.05, 0.1) is 48.2 Å². The number of hydrogen-bond donors (Lipinski definition) is 2. The summed E-state index contributed by atoms with van der Waals surface area (Å²) in [5.74, 6) is -3.13. The molecule has 0 amide bonds. The number of nitrogens with zero attached hydrogens (tertiary/aromatic N) is 1. The van der Waals surface area contributed by atoms with Crippen LogP contribution in [0.3, 0.4) is 0 Å². The molecule has 3 aromatic rings. The van der Waals surface area contributed by atoms with E-state index in [-0.39, 0.29) is 23.3 Å². The first-order valence-corrected chi connectivity index (χ1v) is 17.6. The average molecular weight is 675 g/mol. The molecule has 2 N–H and O–H groups in total. The molecular weight excluding hydrogens is 632 g/mol. The van der Waals surface area contributed by atoms with E-state index < -0.39 is 57.6 Å². The van der Waals surface area contributed by atoms with E-state index in [0.29, 0.717) is 25.2 Å². The monoisotopic (exact) mass is 674 g/mol. The van der Waals surface area contributed by atoms with Gasteiger partial charge in [-0.15, -0.1) is 0 Å². The summed E-state index contributed by atoms with van der Waals surface area (Å²) in [6, 6.07) is 23.8. The third kappa shape index (κ3) is 5.83. The van der Waals surface area contributed by atoms with Gasteiger partial charge in [0, 0.05) is 30.5 Å². The van der Waals surface area contributed by atoms with Crippen molar-refractivity contribution >= 4 is 27.7 Å². The van der Waals surface area contributed by atoms with E-state index in [2.05, 4.69) is 10.2 Å². The normalized spacial score (nSPS) is 24.6. The number of nitrogens with one attached hydrogen (secondary N) is 1. The highest BCUT2D eigenvalue weighted by molar-refractivity contribution is 7.86. The van der Waals surface area contributed by atoms with Crippen LogP contribution in [0.5, 0.6) is 0 Å². The summed E-state index contributed by atoms with van der Waals surface area (Å²) in [7, 11) is -1.65. The predicted molar refractivity (Wildman–Crippen MR) is 179 cm³/mol. The van der Waals surface area contributed by atoms with Crippen LogP contribution in [0, 0.1) is 18.8 Å². The Morgan fingerprint density at radius 3 is 2.35 bits per heavy atom. The maximum Gasteiger partial charge on any atom is 0.336 e. The predicted octanol–water partition coefficient (Wildman–Crippen LogP) is 4.72. The number of aliphatic hydroxyl groups is 1. The molecule has 2 heterocycles. The molecule has 0 saturated carbocycles. The van der Waals surface area contributed by atoms with E-state index in [1.54, 1.807) is 19.1 Å². The summed E-state index contributed by atoms with van der Waals surface area (Å²) in [6.45, 7) is 4.26. The van der Waals surface area contributed by atoms with E-state index in [1.807, 2.05) is 61.5 Å². The minimum atomic E-state index is -4.20. The first kappa shape index (κ1) is 33.9. The van der Waals surface area contributed by atoms with E-state index >= 15 is 0 Å². The Kier molecular flexibility index (Phi) is 9.25. The molecule has 0 bridgehead atoms. The van der Waals surface area contributed by atoms with Gasteiger partial charge in [-0.2, -0.15) is 8.42 Å². The number of aryl methyl sites for hydroxylation is 1. The van der Waals surface area contributed by atoms with Crippen LogP contribution >= 0.6 is 0 Å². The van der Waals surface area contributed by atoms with Gasteiger partial charge in [-0.05, 0) is 61.4 Å². The third-order valence-corrected chi connectivity index (χ3v) is 11.7. The van der Waals surface area contributed by atoms with Crippen LogP contribution in [0.1, 0.15) is 42.9 Å². The Balaban J connectivity index is 1.48. The van der Waals surface area contributed by atoms with Crippen molar-refractivity contribution in [1.29, 1.82) is 0 Å². The number of hydrogen-bond acceptors (Lipinski definition) is 10. The molecule has 3 aromatic carbocycles. The summed E-state index contributed by atoms with van der Waals surface area (Å²) in [6.07, 6.45) is 0.704. The number of benzene rings is 3. The maximum absolute atomic E-state index is 13.9. The lowest BCUT2D eigenvalue weighted by Crippen LogP contribution is -2.58. The van der Waals surface area contributed by atoms with Crippen LogP contribution in [0.15, 0.2) is 95.0 Å². The van der Waals surface area contributed by atoms with E-state index in [1.165, 1.54) is 26.4 Å². The lowest BCUT2D eigenvalue weighted by Gasteiger charge is -2.50. The zero-order valence-corrected chi connectivity index (χ0v) is 28.5. The van der Waals surface area contributed by atoms with Crippen molar-refractivity contribution in [2.75, 3.05) is 32.7 Å². The van der Waals surface area contributed by atoms with Gasteiger partial charge >= 0.3 is 11.9 Å². The molecule has 1 fully saturated rings. The maximum atomic E-state index is 13.9. The second-order valence-electron chi connectivity index (χ2n) is 13.0. The number of ether oxygens (including phenoxy) is 2. The third-order valence-electron chi connectivity index (χ3n) is 10.4. The molecule has 11 heteroatoms. The SMILES string of the molecule is CC[C@](O)(COS(=O)(=O)c1ccc(C)cc1)C[C@H]1[C@H](C(=O)OC)C(C(=O)OC)=C2Nc3ccccc3[C@]23CCN(Cc2ccccc2)[C@H]13. The fourth-order valence-corrected chi connectivity index (χ4v) is 9.01. The average Bonchev–Trinajstić information content (AvgIpc) is 3.64. The number of carbonyl (C=O) groups excluding carboxylic acids is 2. The Morgan fingerprint density at radius 2 is 1.69 bits per heavy atom. The molecule has 1 spiro atoms. The van der Waals surface area contributed by atoms with Gasteiger partial charge in [-0.1, -0.05) is 73.2 Å². The van der Waals surface area contributed by atoms with E-state index in [0.717, 1.165) is 22.4 Å². The van der Waals surface area contributed by atoms with Crippen molar-refractivity contribution in [2.45, 2.75) is 61.6 Å². The quantitative estimate of drug-likeness (QED) is 0.218. The molecule has 1 aliphatic carbocycles. The summed E-state index contributed by atoms with van der Waals surface area (Å²) >= 11 is 0. The van der Waals surface area contributed by atoms with Crippen LogP contribution in [-0.2, 0) is 45.3 Å². The fourth-order valence-electron chi connectivity index (χ4n) is 8.03. The van der Waals surface area contributed by atoms with Crippen molar-refractivity contribution < 1.29 is 36.8 Å². The molecule has 0 radical (unpaired) electrons. The number of carbonyl (C=O) groups is 2. The van der Waals surface area contributed by atoms with Gasteiger partial charge in [0.2, 0.25) is 0 Å². The second kappa shape index (κ2) is 13.1. The van der Waals surface area contributed by atoms with Gasteiger partial charge < -0.3 is 19.9 Å². The molecule has 5 atom stereocenters. The fraction of sp³-hybridized carbons (Fsp3) is 0.405. The van der Waals surface area contributed by atoms with E-state index in [4.69, 9.17) is 13.7 Å². The highest BCUT2D eigenvalue weighted by Gasteiger charge is 2.65. The molecule has 254 valence electrons. The molecule has 2 aliphatic heterocycles. The Hall–Kier alpha value is -4.03. The molecule has 1 saturated heterocycles. The van der Waals surface area contributed by atoms with Crippen LogP contribution < -0.4 is 5.32 Å². The van der Waals surface area contributed by atoms with Gasteiger partial charge in [0.1, 0.15) is 0 Å². The van der Waals surface area contributed by atoms with E-state index in [9.17, 15) is 23.1 Å². The Labute approximate surface area is 281 Å². The topological polar surface area (TPSA) is 131 Å². The molecule has 0 unspecified atom stereocenters. The van der Waals surface area contributed by atoms with Crippen LogP contribution in [-0.4, -0.2) is 69.4 Å². The first-order chi connectivity index (χ1) is 23.0. The lowest BCUT2D eigenvalue weighted by molar-refractivity contribution is -0.153. The summed E-state index contributed by atoms with van der Waals surface area (Å²) in [5, 5.41) is 15.7. The Bertz CT molecular complexity index is 1830. The molecule has 48 heavy (non-hydrogen) atoms. The second-order valence-corrected chi connectivity index (χ2v) is 14.7. The number of anilines is 1. The summed E-state index contributed by atoms with van der Waals surface area (Å²) in [5.41, 5.74) is 2.14. The zero-order valence-electron chi connectivity index (χ0n) is 27.6. The van der Waals surface area contributed by atoms with Crippen molar-refractivity contribution in [3.63, 3.8) is 0 Å². The van der Waals surface area contributed by atoms with Crippen LogP contribution in [0.4, 0.5) is 5.69 Å². The summed E-state index contributed by atoms with van der Waals surface area (Å²) in [4.78, 5) is 30.0. The smallest absolute Gasteiger partial charge is 0.336 e. The lowest BCUT2D eigenvalue weighted by atomic mass is 9.57. The molecule has 6 rings (SSSR count). The number of methoxy groups -OCH3 is 2. The first-order valence-electron chi connectivity index (χ1n) is 16.2. The number of rotatable bonds is 11. The molecule has 0 aromatic heterocycles. The number of fused-ring (bicyclic) bond motifs is 1. The molecular formula is C37H42N2O8S. The molecule has 3 aliphatic rings. The van der Waals surface area contributed by atoms with Crippen molar-refractivity contribution in [1.82, 2.24) is 4.90 Å². The zero-order chi connectivity index (χ0) is 34.3. The minimum absolute atomic E-state index is 0.0189. The molecule has 10 nitrogen and oxygen atoms in total. The number of para-hydroxylation sites is 1. The standard InChI is InChI=1S/C37H42N2O8S/c1-5-36(42,23-47-48(43,44)26-17-15-24(2)16-18-26)21-27-30(34(40)45-3)31(35(41)46-4)32-37(28-13-9-10-14-29(28)38-32)19-20-39(33(27)37)22-25-11-7-6-8-12-25/h6-18,27,30,33,38,42H,5,19-23H2,1-4H3/t27-,30-,33+,36+,37+/m0/s1. The minimum Gasteiger partial charge on any atom is -0.469 e. The van der Waals surface area contributed by atoms with Crippen molar-refractivity contribution in [3.8, 4) is 0 Å². The van der Waals surface area contributed by atoms with Gasteiger partial charge in [-0.25, -0.2) is 4.79 Å². The van der Waals surface area contributed by atoms with Crippen molar-refractivity contribution in [3.05, 3.63) is 107 Å². The van der Waals surface area contributed by atoms with Crippen molar-refractivity contribution in [2.24, 2.45) is 11.8 Å².